The number of para-hydroxylation sites is 1. The van der Waals surface area contributed by atoms with Crippen molar-refractivity contribution >= 4 is 0 Å². The number of hydrogen-bond donors (Lipinski definition) is 1. The van der Waals surface area contributed by atoms with E-state index < -0.39 is 5.60 Å². The molecule has 1 fully saturated rings. The van der Waals surface area contributed by atoms with Crippen LogP contribution in [0.5, 0.6) is 5.75 Å². The Labute approximate surface area is 178 Å². The van der Waals surface area contributed by atoms with Gasteiger partial charge in [-0.05, 0) is 17.2 Å². The molecule has 4 heteroatoms. The van der Waals surface area contributed by atoms with Gasteiger partial charge in [0.05, 0.1) is 20.3 Å². The Balaban J connectivity index is 1.89. The van der Waals surface area contributed by atoms with E-state index >= 15 is 0 Å². The zero-order valence-electron chi connectivity index (χ0n) is 17.4. The molecule has 3 aromatic rings. The van der Waals surface area contributed by atoms with Gasteiger partial charge in [-0.15, -0.1) is 0 Å². The number of morpholine rings is 1. The molecule has 30 heavy (non-hydrogen) atoms. The number of aliphatic hydroxyl groups is 1. The minimum absolute atomic E-state index is 0.185. The standard InChI is InChI=1S/C26H29NO3/c1-29-25-15-9-8-14-23(25)26(28,22-12-6-3-7-13-22)24(21-10-4-2-5-11-21)20-27-16-18-30-19-17-27/h2-15,24,28H,16-20H2,1H3/t24-,26+/m1/s1. The largest absolute Gasteiger partial charge is 0.496 e. The van der Waals surface area contributed by atoms with E-state index in [1.54, 1.807) is 7.11 Å². The Kier molecular flexibility index (Phi) is 6.48. The average molecular weight is 404 g/mol. The molecule has 1 heterocycles. The van der Waals surface area contributed by atoms with E-state index in [2.05, 4.69) is 17.0 Å². The molecule has 1 saturated heterocycles. The van der Waals surface area contributed by atoms with Crippen molar-refractivity contribution in [3.8, 4) is 5.75 Å². The van der Waals surface area contributed by atoms with E-state index in [9.17, 15) is 5.11 Å². The molecule has 1 aliphatic heterocycles. The van der Waals surface area contributed by atoms with Gasteiger partial charge in [-0.3, -0.25) is 4.90 Å². The van der Waals surface area contributed by atoms with E-state index in [1.165, 1.54) is 0 Å². The van der Waals surface area contributed by atoms with Gasteiger partial charge < -0.3 is 14.6 Å². The summed E-state index contributed by atoms with van der Waals surface area (Å²) in [7, 11) is 1.66. The molecular weight excluding hydrogens is 374 g/mol. The van der Waals surface area contributed by atoms with Gasteiger partial charge in [0.2, 0.25) is 0 Å². The average Bonchev–Trinajstić information content (AvgIpc) is 2.84. The first-order valence-corrected chi connectivity index (χ1v) is 10.5. The summed E-state index contributed by atoms with van der Waals surface area (Å²) in [6, 6.07) is 28.0. The molecule has 156 valence electrons. The fraction of sp³-hybridized carbons (Fsp3) is 0.308. The highest BCUT2D eigenvalue weighted by Gasteiger charge is 2.43. The lowest BCUT2D eigenvalue weighted by molar-refractivity contribution is -0.000134. The van der Waals surface area contributed by atoms with Gasteiger partial charge >= 0.3 is 0 Å². The minimum Gasteiger partial charge on any atom is -0.496 e. The van der Waals surface area contributed by atoms with E-state index in [0.29, 0.717) is 5.75 Å². The first-order valence-electron chi connectivity index (χ1n) is 10.5. The first kappa shape index (κ1) is 20.6. The number of methoxy groups -OCH3 is 1. The summed E-state index contributed by atoms with van der Waals surface area (Å²) in [4.78, 5) is 2.38. The Bertz CT molecular complexity index is 925. The van der Waals surface area contributed by atoms with E-state index in [0.717, 1.165) is 49.5 Å². The van der Waals surface area contributed by atoms with Gasteiger partial charge in [-0.2, -0.15) is 0 Å². The topological polar surface area (TPSA) is 41.9 Å². The SMILES string of the molecule is COc1ccccc1[C@@](O)(c1ccccc1)[C@H](CN1CCOCC1)c1ccccc1. The molecule has 4 nitrogen and oxygen atoms in total. The number of ether oxygens (including phenoxy) is 2. The van der Waals surface area contributed by atoms with Crippen LogP contribution >= 0.6 is 0 Å². The zero-order valence-corrected chi connectivity index (χ0v) is 17.4. The van der Waals surface area contributed by atoms with Crippen molar-refractivity contribution in [1.82, 2.24) is 4.90 Å². The Hall–Kier alpha value is -2.66. The Morgan fingerprint density at radius 3 is 2.17 bits per heavy atom. The van der Waals surface area contributed by atoms with Crippen LogP contribution in [0.1, 0.15) is 22.6 Å². The van der Waals surface area contributed by atoms with Crippen molar-refractivity contribution in [2.75, 3.05) is 40.0 Å². The molecule has 1 N–H and O–H groups in total. The summed E-state index contributed by atoms with van der Waals surface area (Å²) in [6.07, 6.45) is 0. The second-order valence-electron chi connectivity index (χ2n) is 7.71. The van der Waals surface area contributed by atoms with Gasteiger partial charge in [0, 0.05) is 31.1 Å². The third kappa shape index (κ3) is 4.12. The van der Waals surface area contributed by atoms with Crippen LogP contribution in [0, 0.1) is 0 Å². The number of benzene rings is 3. The fourth-order valence-electron chi connectivity index (χ4n) is 4.40. The van der Waals surface area contributed by atoms with Crippen molar-refractivity contribution in [3.05, 3.63) is 102 Å². The lowest BCUT2D eigenvalue weighted by Crippen LogP contribution is -2.45. The fourth-order valence-corrected chi connectivity index (χ4v) is 4.40. The molecule has 4 rings (SSSR count). The summed E-state index contributed by atoms with van der Waals surface area (Å²) in [6.45, 7) is 3.89. The minimum atomic E-state index is -1.26. The van der Waals surface area contributed by atoms with Crippen LogP contribution < -0.4 is 4.74 Å². The number of hydrogen-bond acceptors (Lipinski definition) is 4. The molecule has 3 aromatic carbocycles. The molecule has 0 unspecified atom stereocenters. The molecule has 0 spiro atoms. The van der Waals surface area contributed by atoms with E-state index in [-0.39, 0.29) is 5.92 Å². The summed E-state index contributed by atoms with van der Waals surface area (Å²) in [5.74, 6) is 0.502. The van der Waals surface area contributed by atoms with Crippen LogP contribution in [-0.2, 0) is 10.3 Å². The number of nitrogens with zero attached hydrogens (tertiary/aromatic N) is 1. The van der Waals surface area contributed by atoms with Gasteiger partial charge in [0.1, 0.15) is 11.4 Å². The van der Waals surface area contributed by atoms with Crippen molar-refractivity contribution < 1.29 is 14.6 Å². The summed E-state index contributed by atoms with van der Waals surface area (Å²) < 4.78 is 11.2. The molecule has 0 amide bonds. The summed E-state index contributed by atoms with van der Waals surface area (Å²) in [5, 5.41) is 12.6. The van der Waals surface area contributed by atoms with E-state index in [4.69, 9.17) is 9.47 Å². The molecule has 0 saturated carbocycles. The Morgan fingerprint density at radius 1 is 0.900 bits per heavy atom. The van der Waals surface area contributed by atoms with Crippen molar-refractivity contribution in [3.63, 3.8) is 0 Å². The van der Waals surface area contributed by atoms with Crippen LogP contribution in [0.2, 0.25) is 0 Å². The van der Waals surface area contributed by atoms with Gasteiger partial charge in [0.15, 0.2) is 0 Å². The maximum atomic E-state index is 12.6. The molecule has 0 aliphatic carbocycles. The quantitative estimate of drug-likeness (QED) is 0.646. The van der Waals surface area contributed by atoms with Crippen molar-refractivity contribution in [1.29, 1.82) is 0 Å². The Morgan fingerprint density at radius 2 is 1.50 bits per heavy atom. The normalized spacial score (nSPS) is 17.8. The van der Waals surface area contributed by atoms with Crippen LogP contribution in [0.3, 0.4) is 0 Å². The summed E-state index contributed by atoms with van der Waals surface area (Å²) >= 11 is 0. The highest BCUT2D eigenvalue weighted by Crippen LogP contribution is 2.46. The first-order chi connectivity index (χ1) is 14.7. The molecule has 0 bridgehead atoms. The van der Waals surface area contributed by atoms with Gasteiger partial charge in [0.25, 0.3) is 0 Å². The molecular formula is C26H29NO3. The third-order valence-corrected chi connectivity index (χ3v) is 5.98. The summed E-state index contributed by atoms with van der Waals surface area (Å²) in [5.41, 5.74) is 1.48. The monoisotopic (exact) mass is 403 g/mol. The van der Waals surface area contributed by atoms with Gasteiger partial charge in [-0.25, -0.2) is 0 Å². The zero-order chi connectivity index (χ0) is 20.8. The highest BCUT2D eigenvalue weighted by molar-refractivity contribution is 5.48. The van der Waals surface area contributed by atoms with Gasteiger partial charge in [-0.1, -0.05) is 78.9 Å². The third-order valence-electron chi connectivity index (χ3n) is 5.98. The second kappa shape index (κ2) is 9.43. The van der Waals surface area contributed by atoms with Crippen molar-refractivity contribution in [2.45, 2.75) is 11.5 Å². The second-order valence-corrected chi connectivity index (χ2v) is 7.71. The maximum absolute atomic E-state index is 12.6. The lowest BCUT2D eigenvalue weighted by Gasteiger charge is -2.41. The molecule has 0 radical (unpaired) electrons. The predicted octanol–water partition coefficient (Wildman–Crippen LogP) is 4.05. The molecule has 2 atom stereocenters. The maximum Gasteiger partial charge on any atom is 0.126 e. The van der Waals surface area contributed by atoms with E-state index in [1.807, 2.05) is 72.8 Å². The predicted molar refractivity (Wildman–Crippen MR) is 119 cm³/mol. The molecule has 0 aromatic heterocycles. The van der Waals surface area contributed by atoms with Crippen molar-refractivity contribution in [2.24, 2.45) is 0 Å². The lowest BCUT2D eigenvalue weighted by atomic mass is 9.72. The van der Waals surface area contributed by atoms with Crippen LogP contribution in [0.25, 0.3) is 0 Å². The van der Waals surface area contributed by atoms with Crippen LogP contribution in [0.4, 0.5) is 0 Å². The van der Waals surface area contributed by atoms with Crippen LogP contribution in [-0.4, -0.2) is 50.0 Å². The van der Waals surface area contributed by atoms with Crippen LogP contribution in [0.15, 0.2) is 84.9 Å². The number of rotatable bonds is 7. The molecule has 1 aliphatic rings. The highest BCUT2D eigenvalue weighted by atomic mass is 16.5. The smallest absolute Gasteiger partial charge is 0.126 e.